The van der Waals surface area contributed by atoms with Crippen LogP contribution in [0.5, 0.6) is 0 Å². The van der Waals surface area contributed by atoms with Crippen molar-refractivity contribution in [2.24, 2.45) is 0 Å². The molecular weight excluding hydrogens is 290 g/mol. The largest absolute Gasteiger partial charge is 0.349 e. The summed E-state index contributed by atoms with van der Waals surface area (Å²) in [6, 6.07) is 8.60. The SMILES string of the molecule is Cc1noc(CCCC(=O)N[C@H]2CCCCc3ccccc32)n1. The summed E-state index contributed by atoms with van der Waals surface area (Å²) in [4.78, 5) is 16.4. The topological polar surface area (TPSA) is 68.0 Å². The molecule has 0 bridgehead atoms. The van der Waals surface area contributed by atoms with Crippen molar-refractivity contribution in [2.45, 2.75) is 57.9 Å². The van der Waals surface area contributed by atoms with Gasteiger partial charge >= 0.3 is 0 Å². The molecule has 0 aliphatic heterocycles. The van der Waals surface area contributed by atoms with Gasteiger partial charge < -0.3 is 9.84 Å². The van der Waals surface area contributed by atoms with Crippen molar-refractivity contribution in [2.75, 3.05) is 0 Å². The molecule has 0 fully saturated rings. The van der Waals surface area contributed by atoms with Crippen LogP contribution in [0.1, 0.15) is 61.0 Å². The van der Waals surface area contributed by atoms with Crippen LogP contribution in [0, 0.1) is 6.92 Å². The van der Waals surface area contributed by atoms with Crippen LogP contribution < -0.4 is 5.32 Å². The molecule has 0 saturated heterocycles. The van der Waals surface area contributed by atoms with Crippen LogP contribution in [0.2, 0.25) is 0 Å². The summed E-state index contributed by atoms with van der Waals surface area (Å²) in [6.07, 6.45) is 6.34. The van der Waals surface area contributed by atoms with Crippen molar-refractivity contribution >= 4 is 5.91 Å². The van der Waals surface area contributed by atoms with Crippen LogP contribution in [-0.2, 0) is 17.6 Å². The number of hydrogen-bond donors (Lipinski definition) is 1. The number of rotatable bonds is 5. The Hall–Kier alpha value is -2.17. The molecule has 1 N–H and O–H groups in total. The molecule has 1 atom stereocenters. The molecule has 1 amide bonds. The summed E-state index contributed by atoms with van der Waals surface area (Å²) >= 11 is 0. The van der Waals surface area contributed by atoms with Gasteiger partial charge in [-0.3, -0.25) is 4.79 Å². The number of aryl methyl sites for hydroxylation is 3. The Morgan fingerprint density at radius 1 is 1.35 bits per heavy atom. The van der Waals surface area contributed by atoms with Gasteiger partial charge in [-0.25, -0.2) is 0 Å². The number of aromatic nitrogens is 2. The van der Waals surface area contributed by atoms with Crippen LogP contribution in [0.15, 0.2) is 28.8 Å². The fourth-order valence-electron chi connectivity index (χ4n) is 3.18. The predicted molar refractivity (Wildman–Crippen MR) is 86.9 cm³/mol. The number of nitrogens with one attached hydrogen (secondary N) is 1. The van der Waals surface area contributed by atoms with Crippen molar-refractivity contribution in [3.05, 3.63) is 47.1 Å². The first-order valence-electron chi connectivity index (χ1n) is 8.39. The molecular formula is C18H23N3O2. The minimum atomic E-state index is 0.0999. The Kier molecular flexibility index (Phi) is 5.05. The van der Waals surface area contributed by atoms with Crippen LogP contribution >= 0.6 is 0 Å². The summed E-state index contributed by atoms with van der Waals surface area (Å²) in [6.45, 7) is 1.79. The molecule has 0 unspecified atom stereocenters. The first-order valence-corrected chi connectivity index (χ1v) is 8.39. The third-order valence-electron chi connectivity index (χ3n) is 4.32. The zero-order chi connectivity index (χ0) is 16.1. The van der Waals surface area contributed by atoms with Gasteiger partial charge in [-0.2, -0.15) is 4.98 Å². The Morgan fingerprint density at radius 3 is 3.04 bits per heavy atom. The van der Waals surface area contributed by atoms with Crippen LogP contribution in [0.4, 0.5) is 0 Å². The number of carbonyl (C=O) groups is 1. The first kappa shape index (κ1) is 15.7. The summed E-state index contributed by atoms with van der Waals surface area (Å²) in [5.41, 5.74) is 2.66. The molecule has 0 saturated carbocycles. The maximum Gasteiger partial charge on any atom is 0.226 e. The number of nitrogens with zero attached hydrogens (tertiary/aromatic N) is 2. The Labute approximate surface area is 136 Å². The van der Waals surface area contributed by atoms with E-state index in [2.05, 4.69) is 39.7 Å². The van der Waals surface area contributed by atoms with Gasteiger partial charge in [-0.15, -0.1) is 0 Å². The maximum absolute atomic E-state index is 12.3. The van der Waals surface area contributed by atoms with Crippen molar-refractivity contribution in [3.63, 3.8) is 0 Å². The fraction of sp³-hybridized carbons (Fsp3) is 0.500. The maximum atomic E-state index is 12.3. The predicted octanol–water partition coefficient (Wildman–Crippen LogP) is 3.28. The van der Waals surface area contributed by atoms with E-state index in [1.807, 2.05) is 0 Å². The van der Waals surface area contributed by atoms with Gasteiger partial charge in [0.1, 0.15) is 0 Å². The van der Waals surface area contributed by atoms with Gasteiger partial charge in [0.05, 0.1) is 6.04 Å². The second-order valence-corrected chi connectivity index (χ2v) is 6.15. The standard InChI is InChI=1S/C18H23N3O2/c1-13-19-18(23-21-13)12-6-11-17(22)20-16-10-5-3-8-14-7-2-4-9-15(14)16/h2,4,7,9,16H,3,5-6,8,10-12H2,1H3,(H,20,22)/t16-/m0/s1. The summed E-state index contributed by atoms with van der Waals surface area (Å²) in [5, 5.41) is 6.96. The average molecular weight is 313 g/mol. The van der Waals surface area contributed by atoms with Gasteiger partial charge in [-0.05, 0) is 43.7 Å². The minimum absolute atomic E-state index is 0.0999. The molecule has 23 heavy (non-hydrogen) atoms. The highest BCUT2D eigenvalue weighted by Crippen LogP contribution is 2.28. The Bertz CT molecular complexity index is 666. The van der Waals surface area contributed by atoms with Gasteiger partial charge in [0.15, 0.2) is 5.82 Å². The van der Waals surface area contributed by atoms with Crippen LogP contribution in [0.3, 0.4) is 0 Å². The van der Waals surface area contributed by atoms with Crippen molar-refractivity contribution in [3.8, 4) is 0 Å². The molecule has 0 radical (unpaired) electrons. The van der Waals surface area contributed by atoms with E-state index >= 15 is 0 Å². The molecule has 1 aromatic heterocycles. The zero-order valence-electron chi connectivity index (χ0n) is 13.5. The van der Waals surface area contributed by atoms with Gasteiger partial charge in [0, 0.05) is 12.8 Å². The number of hydrogen-bond acceptors (Lipinski definition) is 4. The lowest BCUT2D eigenvalue weighted by molar-refractivity contribution is -0.122. The van der Waals surface area contributed by atoms with Crippen molar-refractivity contribution in [1.29, 1.82) is 0 Å². The fourth-order valence-corrected chi connectivity index (χ4v) is 3.18. The molecule has 1 aliphatic carbocycles. The minimum Gasteiger partial charge on any atom is -0.349 e. The smallest absolute Gasteiger partial charge is 0.226 e. The normalized spacial score (nSPS) is 17.3. The van der Waals surface area contributed by atoms with Gasteiger partial charge in [-0.1, -0.05) is 35.8 Å². The lowest BCUT2D eigenvalue weighted by Crippen LogP contribution is -2.28. The monoisotopic (exact) mass is 313 g/mol. The molecule has 5 nitrogen and oxygen atoms in total. The highest BCUT2D eigenvalue weighted by Gasteiger charge is 2.19. The zero-order valence-corrected chi connectivity index (χ0v) is 13.5. The van der Waals surface area contributed by atoms with E-state index in [4.69, 9.17) is 4.52 Å². The molecule has 122 valence electrons. The Balaban J connectivity index is 1.53. The molecule has 5 heteroatoms. The molecule has 1 aliphatic rings. The summed E-state index contributed by atoms with van der Waals surface area (Å²) in [5.74, 6) is 1.34. The number of fused-ring (bicyclic) bond motifs is 1. The van der Waals surface area contributed by atoms with Crippen LogP contribution in [0.25, 0.3) is 0 Å². The number of carbonyl (C=O) groups excluding carboxylic acids is 1. The molecule has 1 heterocycles. The van der Waals surface area contributed by atoms with E-state index in [1.165, 1.54) is 17.5 Å². The second-order valence-electron chi connectivity index (χ2n) is 6.15. The summed E-state index contributed by atoms with van der Waals surface area (Å²) in [7, 11) is 0. The van der Waals surface area contributed by atoms with E-state index < -0.39 is 0 Å². The highest BCUT2D eigenvalue weighted by atomic mass is 16.5. The van der Waals surface area contributed by atoms with Gasteiger partial charge in [0.25, 0.3) is 0 Å². The van der Waals surface area contributed by atoms with Crippen molar-refractivity contribution in [1.82, 2.24) is 15.5 Å². The molecule has 3 rings (SSSR count). The van der Waals surface area contributed by atoms with E-state index in [0.717, 1.165) is 25.7 Å². The van der Waals surface area contributed by atoms with Crippen LogP contribution in [-0.4, -0.2) is 16.0 Å². The molecule has 1 aromatic carbocycles. The quantitative estimate of drug-likeness (QED) is 0.860. The van der Waals surface area contributed by atoms with E-state index in [-0.39, 0.29) is 11.9 Å². The first-order chi connectivity index (χ1) is 11.2. The lowest BCUT2D eigenvalue weighted by atomic mass is 9.99. The average Bonchev–Trinajstić information content (AvgIpc) is 2.85. The Morgan fingerprint density at radius 2 is 2.22 bits per heavy atom. The molecule has 0 spiro atoms. The van der Waals surface area contributed by atoms with E-state index in [1.54, 1.807) is 6.92 Å². The third kappa shape index (κ3) is 4.18. The second kappa shape index (κ2) is 7.40. The highest BCUT2D eigenvalue weighted by molar-refractivity contribution is 5.76. The van der Waals surface area contributed by atoms with E-state index in [9.17, 15) is 4.79 Å². The number of benzene rings is 1. The summed E-state index contributed by atoms with van der Waals surface area (Å²) < 4.78 is 5.07. The lowest BCUT2D eigenvalue weighted by Gasteiger charge is -2.19. The number of amides is 1. The third-order valence-corrected chi connectivity index (χ3v) is 4.32. The van der Waals surface area contributed by atoms with Gasteiger partial charge in [0.2, 0.25) is 11.8 Å². The molecule has 2 aromatic rings. The van der Waals surface area contributed by atoms with E-state index in [0.29, 0.717) is 24.6 Å². The van der Waals surface area contributed by atoms with Crippen molar-refractivity contribution < 1.29 is 9.32 Å².